The first kappa shape index (κ1) is 9.73. The zero-order valence-corrected chi connectivity index (χ0v) is 8.35. The number of rotatable bonds is 1. The summed E-state index contributed by atoms with van der Waals surface area (Å²) in [5.41, 5.74) is 0. The molecule has 5 nitrogen and oxygen atoms in total. The Kier molecular flexibility index (Phi) is 2.60. The Morgan fingerprint density at radius 3 is 2.57 bits per heavy atom. The van der Waals surface area contributed by atoms with Crippen LogP contribution in [0.5, 0.6) is 0 Å². The molecule has 1 N–H and O–H groups in total. The van der Waals surface area contributed by atoms with Crippen molar-refractivity contribution in [2.45, 2.75) is 19.0 Å². The van der Waals surface area contributed by atoms with E-state index < -0.39 is 6.09 Å². The third-order valence-electron chi connectivity index (χ3n) is 3.04. The van der Waals surface area contributed by atoms with Gasteiger partial charge in [-0.1, -0.05) is 0 Å². The fourth-order valence-corrected chi connectivity index (χ4v) is 2.10. The molecule has 0 saturated carbocycles. The van der Waals surface area contributed by atoms with Crippen molar-refractivity contribution in [3.8, 4) is 0 Å². The van der Waals surface area contributed by atoms with Crippen molar-refractivity contribution >= 4 is 6.09 Å². The Hall–Kier alpha value is -0.810. The fraction of sp³-hybridized carbons (Fsp3) is 0.889. The average Bonchev–Trinajstić information content (AvgIpc) is 2.04. The van der Waals surface area contributed by atoms with Gasteiger partial charge < -0.3 is 14.7 Å². The molecule has 2 fully saturated rings. The number of ether oxygens (including phenoxy) is 1. The molecule has 1 atom stereocenters. The van der Waals surface area contributed by atoms with Crippen molar-refractivity contribution in [3.63, 3.8) is 0 Å². The Labute approximate surface area is 83.2 Å². The maximum atomic E-state index is 10.7. The predicted molar refractivity (Wildman–Crippen MR) is 50.4 cm³/mol. The lowest BCUT2D eigenvalue weighted by Crippen LogP contribution is -2.61. The fourth-order valence-electron chi connectivity index (χ4n) is 2.10. The van der Waals surface area contributed by atoms with E-state index in [9.17, 15) is 4.79 Å². The second-order valence-corrected chi connectivity index (χ2v) is 4.01. The molecular formula is C9H16N2O3. The number of hydrogen-bond acceptors (Lipinski definition) is 3. The smallest absolute Gasteiger partial charge is 0.407 e. The van der Waals surface area contributed by atoms with Crippen LogP contribution in [0.1, 0.15) is 6.92 Å². The summed E-state index contributed by atoms with van der Waals surface area (Å²) in [4.78, 5) is 14.6. The van der Waals surface area contributed by atoms with E-state index >= 15 is 0 Å². The van der Waals surface area contributed by atoms with Crippen molar-refractivity contribution in [2.75, 3.05) is 32.8 Å². The van der Waals surface area contributed by atoms with Gasteiger partial charge in [0.1, 0.15) is 0 Å². The molecule has 0 aromatic carbocycles. The molecule has 2 aliphatic heterocycles. The van der Waals surface area contributed by atoms with Crippen LogP contribution >= 0.6 is 0 Å². The summed E-state index contributed by atoms with van der Waals surface area (Å²) < 4.78 is 5.14. The third-order valence-corrected chi connectivity index (χ3v) is 3.04. The molecule has 2 rings (SSSR count). The highest BCUT2D eigenvalue weighted by atomic mass is 16.5. The van der Waals surface area contributed by atoms with Gasteiger partial charge in [0.2, 0.25) is 0 Å². The van der Waals surface area contributed by atoms with Crippen LogP contribution in [0.25, 0.3) is 0 Å². The van der Waals surface area contributed by atoms with Gasteiger partial charge in [-0.2, -0.15) is 0 Å². The molecule has 0 aromatic heterocycles. The van der Waals surface area contributed by atoms with Crippen molar-refractivity contribution in [3.05, 3.63) is 0 Å². The first-order valence-corrected chi connectivity index (χ1v) is 5.00. The molecule has 80 valence electrons. The standard InChI is InChI=1S/C9H16N2O3/c1-7-4-10(9(12)13)2-3-11(7)8-5-14-6-8/h7-8H,2-6H2,1H3,(H,12,13). The summed E-state index contributed by atoms with van der Waals surface area (Å²) in [6, 6.07) is 0.828. The quantitative estimate of drug-likeness (QED) is 0.650. The Balaban J connectivity index is 1.89. The van der Waals surface area contributed by atoms with Gasteiger partial charge in [0.15, 0.2) is 0 Å². The van der Waals surface area contributed by atoms with Gasteiger partial charge in [-0.15, -0.1) is 0 Å². The minimum absolute atomic E-state index is 0.314. The highest BCUT2D eigenvalue weighted by Gasteiger charge is 2.34. The Morgan fingerprint density at radius 2 is 2.14 bits per heavy atom. The molecule has 2 aliphatic rings. The molecule has 2 saturated heterocycles. The van der Waals surface area contributed by atoms with Gasteiger partial charge >= 0.3 is 6.09 Å². The van der Waals surface area contributed by atoms with E-state index in [0.717, 1.165) is 19.8 Å². The number of hydrogen-bond donors (Lipinski definition) is 1. The van der Waals surface area contributed by atoms with Crippen LogP contribution in [-0.4, -0.2) is 65.9 Å². The summed E-state index contributed by atoms with van der Waals surface area (Å²) >= 11 is 0. The van der Waals surface area contributed by atoms with Crippen LogP contribution in [0.2, 0.25) is 0 Å². The van der Waals surface area contributed by atoms with Crippen molar-refractivity contribution in [1.82, 2.24) is 9.80 Å². The number of carbonyl (C=O) groups is 1. The molecule has 5 heteroatoms. The molecule has 1 unspecified atom stereocenters. The summed E-state index contributed by atoms with van der Waals surface area (Å²) in [5, 5.41) is 8.83. The van der Waals surface area contributed by atoms with Crippen LogP contribution in [0.15, 0.2) is 0 Å². The Bertz CT molecular complexity index is 230. The van der Waals surface area contributed by atoms with Gasteiger partial charge in [0.25, 0.3) is 0 Å². The number of nitrogens with zero attached hydrogens (tertiary/aromatic N) is 2. The van der Waals surface area contributed by atoms with E-state index in [4.69, 9.17) is 9.84 Å². The topological polar surface area (TPSA) is 53.0 Å². The molecule has 0 aromatic rings. The first-order chi connectivity index (χ1) is 6.68. The molecule has 0 spiro atoms. The molecule has 1 amide bonds. The van der Waals surface area contributed by atoms with Gasteiger partial charge in [0, 0.05) is 25.7 Å². The van der Waals surface area contributed by atoms with E-state index in [2.05, 4.69) is 11.8 Å². The lowest BCUT2D eigenvalue weighted by atomic mass is 10.1. The average molecular weight is 200 g/mol. The predicted octanol–water partition coefficient (Wildman–Crippen LogP) is 0.0693. The first-order valence-electron chi connectivity index (χ1n) is 5.00. The number of piperazine rings is 1. The van der Waals surface area contributed by atoms with Crippen molar-refractivity contribution in [2.24, 2.45) is 0 Å². The van der Waals surface area contributed by atoms with Crippen LogP contribution in [0.3, 0.4) is 0 Å². The summed E-state index contributed by atoms with van der Waals surface area (Å²) in [5.74, 6) is 0. The van der Waals surface area contributed by atoms with E-state index in [1.165, 1.54) is 4.90 Å². The van der Waals surface area contributed by atoms with E-state index in [1.807, 2.05) is 0 Å². The summed E-state index contributed by atoms with van der Waals surface area (Å²) in [6.45, 7) is 5.76. The minimum Gasteiger partial charge on any atom is -0.465 e. The van der Waals surface area contributed by atoms with Crippen LogP contribution in [-0.2, 0) is 4.74 Å². The van der Waals surface area contributed by atoms with E-state index in [0.29, 0.717) is 25.2 Å². The van der Waals surface area contributed by atoms with E-state index in [-0.39, 0.29) is 0 Å². The molecular weight excluding hydrogens is 184 g/mol. The molecule has 2 heterocycles. The summed E-state index contributed by atoms with van der Waals surface area (Å²) in [7, 11) is 0. The van der Waals surface area contributed by atoms with E-state index in [1.54, 1.807) is 0 Å². The summed E-state index contributed by atoms with van der Waals surface area (Å²) in [6.07, 6.45) is -0.804. The maximum absolute atomic E-state index is 10.7. The second-order valence-electron chi connectivity index (χ2n) is 4.01. The molecule has 14 heavy (non-hydrogen) atoms. The lowest BCUT2D eigenvalue weighted by Gasteiger charge is -2.45. The molecule has 0 aliphatic carbocycles. The second kappa shape index (κ2) is 3.74. The Morgan fingerprint density at radius 1 is 1.43 bits per heavy atom. The minimum atomic E-state index is -0.804. The number of carboxylic acid groups (broad SMARTS) is 1. The van der Waals surface area contributed by atoms with Gasteiger partial charge in [0.05, 0.1) is 19.3 Å². The van der Waals surface area contributed by atoms with Gasteiger partial charge in [-0.3, -0.25) is 4.90 Å². The largest absolute Gasteiger partial charge is 0.465 e. The third kappa shape index (κ3) is 1.69. The van der Waals surface area contributed by atoms with Crippen molar-refractivity contribution < 1.29 is 14.6 Å². The van der Waals surface area contributed by atoms with Gasteiger partial charge in [-0.25, -0.2) is 4.79 Å². The normalized spacial score (nSPS) is 30.1. The van der Waals surface area contributed by atoms with Crippen LogP contribution in [0.4, 0.5) is 4.79 Å². The monoisotopic (exact) mass is 200 g/mol. The highest BCUT2D eigenvalue weighted by molar-refractivity contribution is 5.65. The molecule has 0 radical (unpaired) electrons. The highest BCUT2D eigenvalue weighted by Crippen LogP contribution is 2.18. The lowest BCUT2D eigenvalue weighted by molar-refractivity contribution is -0.0908. The molecule has 0 bridgehead atoms. The van der Waals surface area contributed by atoms with Crippen LogP contribution in [0, 0.1) is 0 Å². The maximum Gasteiger partial charge on any atom is 0.407 e. The number of amides is 1. The zero-order valence-electron chi connectivity index (χ0n) is 8.35. The van der Waals surface area contributed by atoms with Crippen LogP contribution < -0.4 is 0 Å². The van der Waals surface area contributed by atoms with Crippen molar-refractivity contribution in [1.29, 1.82) is 0 Å². The van der Waals surface area contributed by atoms with Gasteiger partial charge in [-0.05, 0) is 6.92 Å². The SMILES string of the molecule is CC1CN(C(=O)O)CCN1C1COC1. The zero-order chi connectivity index (χ0) is 10.1.